The summed E-state index contributed by atoms with van der Waals surface area (Å²) in [5.74, 6) is 0.862. The molecule has 5 rings (SSSR count). The quantitative estimate of drug-likeness (QED) is 0.404. The van der Waals surface area contributed by atoms with Crippen LogP contribution in [0.15, 0.2) is 88.1 Å². The molecule has 1 atom stereocenters. The summed E-state index contributed by atoms with van der Waals surface area (Å²) >= 11 is 0. The van der Waals surface area contributed by atoms with Gasteiger partial charge >= 0.3 is 0 Å². The number of likely N-dealkylation sites (tertiary alicyclic amines) is 1. The van der Waals surface area contributed by atoms with Gasteiger partial charge in [-0.15, -0.1) is 24.8 Å². The fourth-order valence-corrected chi connectivity index (χ4v) is 7.89. The molecular weight excluding hydrogens is 581 g/mol. The Bertz CT molecular complexity index is 1400. The number of benzene rings is 1. The van der Waals surface area contributed by atoms with Crippen molar-refractivity contribution in [3.05, 3.63) is 93.7 Å². The van der Waals surface area contributed by atoms with E-state index in [2.05, 4.69) is 34.5 Å². The zero-order valence-corrected chi connectivity index (χ0v) is 24.7. The highest BCUT2D eigenvalue weighted by molar-refractivity contribution is 7.94. The Morgan fingerprint density at radius 2 is 1.77 bits per heavy atom. The molecule has 2 saturated heterocycles. The third-order valence-electron chi connectivity index (χ3n) is 7.39. The van der Waals surface area contributed by atoms with Crippen LogP contribution in [0.3, 0.4) is 0 Å². The highest BCUT2D eigenvalue weighted by Gasteiger charge is 2.38. The van der Waals surface area contributed by atoms with Gasteiger partial charge in [-0.25, -0.2) is 8.42 Å². The van der Waals surface area contributed by atoms with Crippen LogP contribution in [0.2, 0.25) is 0 Å². The fraction of sp³-hybridized carbons (Fsp3) is 0.407. The van der Waals surface area contributed by atoms with Crippen molar-refractivity contribution >= 4 is 44.8 Å². The highest BCUT2D eigenvalue weighted by atomic mass is 35.5. The Morgan fingerprint density at radius 1 is 1.05 bits per heavy atom. The van der Waals surface area contributed by atoms with E-state index in [0.29, 0.717) is 12.2 Å². The van der Waals surface area contributed by atoms with Crippen molar-refractivity contribution in [1.29, 1.82) is 0 Å². The third-order valence-corrected chi connectivity index (χ3v) is 9.84. The molecule has 12 heteroatoms. The SMILES string of the molecule is Cl.Cl.O=S(=O)(C=CC1=CC2CNC3=CC=CC(=C1S(=O)(=O)O)N32)CC1CCN(CCCc2ccccc2)CC1. The van der Waals surface area contributed by atoms with Crippen LogP contribution >= 0.6 is 24.8 Å². The summed E-state index contributed by atoms with van der Waals surface area (Å²) in [6.07, 6.45) is 11.9. The normalized spacial score (nSPS) is 21.6. The predicted octanol–water partition coefficient (Wildman–Crippen LogP) is 3.83. The van der Waals surface area contributed by atoms with Gasteiger partial charge < -0.3 is 15.1 Å². The molecule has 214 valence electrons. The lowest BCUT2D eigenvalue weighted by molar-refractivity contribution is 0.192. The third kappa shape index (κ3) is 7.56. The smallest absolute Gasteiger partial charge is 0.297 e. The van der Waals surface area contributed by atoms with E-state index in [1.54, 1.807) is 18.2 Å². The number of sulfone groups is 1. The van der Waals surface area contributed by atoms with Crippen molar-refractivity contribution in [2.75, 3.05) is 31.9 Å². The number of halogens is 2. The Kier molecular flexibility index (Phi) is 10.5. The van der Waals surface area contributed by atoms with E-state index in [4.69, 9.17) is 0 Å². The molecule has 2 fully saturated rings. The van der Waals surface area contributed by atoms with E-state index in [0.717, 1.165) is 56.5 Å². The van der Waals surface area contributed by atoms with Crippen LogP contribution in [0, 0.1) is 5.92 Å². The largest absolute Gasteiger partial charge is 0.369 e. The summed E-state index contributed by atoms with van der Waals surface area (Å²) in [7, 11) is -8.14. The van der Waals surface area contributed by atoms with E-state index in [1.807, 2.05) is 17.0 Å². The summed E-state index contributed by atoms with van der Waals surface area (Å²) in [5.41, 5.74) is 1.88. The van der Waals surface area contributed by atoms with Crippen molar-refractivity contribution in [2.45, 2.75) is 31.7 Å². The number of piperidine rings is 1. The van der Waals surface area contributed by atoms with E-state index >= 15 is 0 Å². The van der Waals surface area contributed by atoms with Crippen molar-refractivity contribution in [3.63, 3.8) is 0 Å². The Morgan fingerprint density at radius 3 is 2.46 bits per heavy atom. The Balaban J connectivity index is 0.00000210. The molecule has 4 aliphatic heterocycles. The summed E-state index contributed by atoms with van der Waals surface area (Å²) in [6.45, 7) is 3.34. The summed E-state index contributed by atoms with van der Waals surface area (Å²) in [5, 5.41) is 4.32. The van der Waals surface area contributed by atoms with Gasteiger partial charge in [0.15, 0.2) is 9.84 Å². The van der Waals surface area contributed by atoms with Gasteiger partial charge in [-0.2, -0.15) is 8.42 Å². The van der Waals surface area contributed by atoms with Crippen LogP contribution in [0.5, 0.6) is 0 Å². The minimum atomic E-state index is -4.58. The van der Waals surface area contributed by atoms with Crippen molar-refractivity contribution in [1.82, 2.24) is 15.1 Å². The van der Waals surface area contributed by atoms with Crippen molar-refractivity contribution in [3.8, 4) is 0 Å². The second-order valence-electron chi connectivity index (χ2n) is 10.0. The van der Waals surface area contributed by atoms with Gasteiger partial charge in [0.2, 0.25) is 0 Å². The standard InChI is InChI=1S/C27H33N3O5S2.2ClH/c31-36(32,20-22-11-15-29(16-12-22)14-5-8-21-6-2-1-3-7-21)17-13-23-18-24-19-28-26-10-4-9-25(30(24)26)27(23)37(33,34)35;;/h1-4,6-7,9-10,13,17-18,22,24,28H,5,8,11-12,14-16,19-20H2,(H,33,34,35);2*1H. The van der Waals surface area contributed by atoms with E-state index in [1.165, 1.54) is 11.6 Å². The Hall–Kier alpha value is -2.08. The Labute approximate surface area is 243 Å². The average Bonchev–Trinajstić information content (AvgIpc) is 3.28. The molecule has 1 unspecified atom stereocenters. The molecular formula is C27H35Cl2N3O5S2. The molecule has 1 aromatic rings. The maximum Gasteiger partial charge on any atom is 0.297 e. The number of nitrogens with zero attached hydrogens (tertiary/aromatic N) is 2. The van der Waals surface area contributed by atoms with Gasteiger partial charge in [-0.3, -0.25) is 4.55 Å². The molecule has 4 heterocycles. The molecule has 39 heavy (non-hydrogen) atoms. The monoisotopic (exact) mass is 615 g/mol. The van der Waals surface area contributed by atoms with Gasteiger partial charge in [-0.05, 0) is 80.6 Å². The number of rotatable bonds is 9. The summed E-state index contributed by atoms with van der Waals surface area (Å²) in [6, 6.07) is 10.3. The lowest BCUT2D eigenvalue weighted by atomic mass is 9.98. The maximum absolute atomic E-state index is 12.9. The lowest BCUT2D eigenvalue weighted by Crippen LogP contribution is -2.36. The average molecular weight is 617 g/mol. The van der Waals surface area contributed by atoms with Crippen molar-refractivity contribution < 1.29 is 21.4 Å². The van der Waals surface area contributed by atoms with Crippen molar-refractivity contribution in [2.24, 2.45) is 5.92 Å². The van der Waals surface area contributed by atoms with Gasteiger partial charge in [-0.1, -0.05) is 42.5 Å². The van der Waals surface area contributed by atoms with Crippen LogP contribution in [0.4, 0.5) is 0 Å². The predicted molar refractivity (Wildman–Crippen MR) is 159 cm³/mol. The molecule has 0 radical (unpaired) electrons. The van der Waals surface area contributed by atoms with Crippen LogP contribution < -0.4 is 5.32 Å². The number of allylic oxidation sites excluding steroid dienone is 5. The van der Waals surface area contributed by atoms with Crippen LogP contribution in [-0.2, 0) is 26.4 Å². The number of hydrogen-bond donors (Lipinski definition) is 2. The number of nitrogens with one attached hydrogen (secondary N) is 1. The zero-order valence-electron chi connectivity index (χ0n) is 21.5. The second kappa shape index (κ2) is 13.1. The summed E-state index contributed by atoms with van der Waals surface area (Å²) in [4.78, 5) is 3.94. The molecule has 8 nitrogen and oxygen atoms in total. The first-order valence-electron chi connectivity index (χ1n) is 12.7. The fourth-order valence-electron chi connectivity index (χ4n) is 5.57. The van der Waals surface area contributed by atoms with Gasteiger partial charge in [0, 0.05) is 12.0 Å². The molecule has 0 bridgehead atoms. The van der Waals surface area contributed by atoms with Gasteiger partial charge in [0.25, 0.3) is 10.1 Å². The first-order chi connectivity index (χ1) is 17.7. The highest BCUT2D eigenvalue weighted by Crippen LogP contribution is 2.38. The molecule has 2 N–H and O–H groups in total. The summed E-state index contributed by atoms with van der Waals surface area (Å²) < 4.78 is 60.4. The van der Waals surface area contributed by atoms with Crippen LogP contribution in [-0.4, -0.2) is 69.2 Å². The molecule has 0 aromatic heterocycles. The van der Waals surface area contributed by atoms with E-state index < -0.39 is 20.0 Å². The van der Waals surface area contributed by atoms with Gasteiger partial charge in [0.1, 0.15) is 10.7 Å². The molecule has 0 amide bonds. The zero-order chi connectivity index (χ0) is 26.0. The van der Waals surface area contributed by atoms with E-state index in [-0.39, 0.29) is 53.0 Å². The van der Waals surface area contributed by atoms with Gasteiger partial charge in [0.05, 0.1) is 17.5 Å². The molecule has 0 spiro atoms. The topological polar surface area (TPSA) is 107 Å². The maximum atomic E-state index is 12.9. The minimum Gasteiger partial charge on any atom is -0.369 e. The first kappa shape index (κ1) is 31.4. The second-order valence-corrected chi connectivity index (χ2v) is 13.3. The van der Waals surface area contributed by atoms with Crippen LogP contribution in [0.1, 0.15) is 24.8 Å². The number of hydrogen-bond acceptors (Lipinski definition) is 7. The molecule has 4 aliphatic rings. The minimum absolute atomic E-state index is 0. The van der Waals surface area contributed by atoms with Crippen LogP contribution in [0.25, 0.3) is 0 Å². The molecule has 0 aliphatic carbocycles. The molecule has 1 aromatic carbocycles. The lowest BCUT2D eigenvalue weighted by Gasteiger charge is -2.33. The number of aryl methyl sites for hydroxylation is 1. The first-order valence-corrected chi connectivity index (χ1v) is 15.9. The molecule has 0 saturated carbocycles. The van der Waals surface area contributed by atoms with E-state index in [9.17, 15) is 21.4 Å².